The number of para-hydroxylation sites is 1. The predicted molar refractivity (Wildman–Crippen MR) is 95.3 cm³/mol. The molecule has 0 fully saturated rings. The fourth-order valence-corrected chi connectivity index (χ4v) is 3.66. The Morgan fingerprint density at radius 2 is 1.58 bits per heavy atom. The summed E-state index contributed by atoms with van der Waals surface area (Å²) in [4.78, 5) is 12.3. The van der Waals surface area contributed by atoms with E-state index in [4.69, 9.17) is 0 Å². The average Bonchev–Trinajstić information content (AvgIpc) is 2.61. The minimum Gasteiger partial charge on any atom is -0.355 e. The summed E-state index contributed by atoms with van der Waals surface area (Å²) in [6.07, 6.45) is 1.83. The van der Waals surface area contributed by atoms with Crippen molar-refractivity contribution in [2.45, 2.75) is 24.7 Å². The predicted octanol–water partition coefficient (Wildman–Crippen LogP) is 2.80. The second kappa shape index (κ2) is 8.49. The van der Waals surface area contributed by atoms with Crippen LogP contribution in [0.3, 0.4) is 0 Å². The summed E-state index contributed by atoms with van der Waals surface area (Å²) >= 11 is 0. The molecule has 2 rings (SSSR count). The number of benzene rings is 2. The Morgan fingerprint density at radius 3 is 2.17 bits per heavy atom. The fourth-order valence-electron chi connectivity index (χ4n) is 2.22. The molecular weight excluding hydrogens is 324 g/mol. The van der Waals surface area contributed by atoms with Crippen LogP contribution in [0.1, 0.15) is 19.8 Å². The van der Waals surface area contributed by atoms with E-state index in [1.165, 1.54) is 12.1 Å². The lowest BCUT2D eigenvalue weighted by molar-refractivity contribution is -0.119. The largest absolute Gasteiger partial charge is 0.355 e. The maximum Gasteiger partial charge on any atom is 0.264 e. The molecule has 0 heterocycles. The normalized spacial score (nSPS) is 11.0. The van der Waals surface area contributed by atoms with Crippen LogP contribution in [0.15, 0.2) is 65.6 Å². The van der Waals surface area contributed by atoms with Crippen molar-refractivity contribution >= 4 is 21.6 Å². The molecule has 2 aromatic carbocycles. The molecule has 0 aromatic heterocycles. The first-order chi connectivity index (χ1) is 11.6. The number of hydrogen-bond acceptors (Lipinski definition) is 3. The van der Waals surface area contributed by atoms with Crippen LogP contribution in [0.25, 0.3) is 0 Å². The number of anilines is 1. The van der Waals surface area contributed by atoms with E-state index in [1.54, 1.807) is 48.5 Å². The Labute approximate surface area is 143 Å². The monoisotopic (exact) mass is 346 g/mol. The molecule has 0 spiro atoms. The van der Waals surface area contributed by atoms with Gasteiger partial charge in [-0.2, -0.15) is 0 Å². The quantitative estimate of drug-likeness (QED) is 0.748. The third-order valence-electron chi connectivity index (χ3n) is 3.52. The smallest absolute Gasteiger partial charge is 0.264 e. The van der Waals surface area contributed by atoms with E-state index in [1.807, 2.05) is 6.92 Å². The molecule has 0 saturated carbocycles. The fraction of sp³-hybridized carbons (Fsp3) is 0.278. The minimum absolute atomic E-state index is 0.162. The van der Waals surface area contributed by atoms with Gasteiger partial charge in [-0.3, -0.25) is 9.10 Å². The highest BCUT2D eigenvalue weighted by Crippen LogP contribution is 2.22. The Bertz CT molecular complexity index is 746. The highest BCUT2D eigenvalue weighted by Gasteiger charge is 2.26. The number of carbonyl (C=O) groups excluding carboxylic acids is 1. The van der Waals surface area contributed by atoms with E-state index in [2.05, 4.69) is 5.32 Å². The Balaban J connectivity index is 2.29. The molecule has 0 saturated heterocycles. The van der Waals surface area contributed by atoms with Gasteiger partial charge in [0.1, 0.15) is 6.54 Å². The molecule has 0 bridgehead atoms. The van der Waals surface area contributed by atoms with Crippen molar-refractivity contribution in [1.29, 1.82) is 0 Å². The van der Waals surface area contributed by atoms with Crippen LogP contribution in [-0.2, 0) is 14.8 Å². The van der Waals surface area contributed by atoms with E-state index in [9.17, 15) is 13.2 Å². The van der Waals surface area contributed by atoms with Crippen molar-refractivity contribution in [3.8, 4) is 0 Å². The van der Waals surface area contributed by atoms with Crippen molar-refractivity contribution in [3.63, 3.8) is 0 Å². The van der Waals surface area contributed by atoms with Gasteiger partial charge in [-0.1, -0.05) is 49.7 Å². The van der Waals surface area contributed by atoms with Gasteiger partial charge in [0, 0.05) is 6.54 Å². The molecule has 0 aliphatic rings. The van der Waals surface area contributed by atoms with Crippen molar-refractivity contribution in [3.05, 3.63) is 60.7 Å². The molecule has 24 heavy (non-hydrogen) atoms. The number of amides is 1. The summed E-state index contributed by atoms with van der Waals surface area (Å²) in [6, 6.07) is 16.8. The Hall–Kier alpha value is -2.34. The van der Waals surface area contributed by atoms with Crippen LogP contribution in [-0.4, -0.2) is 27.4 Å². The van der Waals surface area contributed by atoms with Crippen LogP contribution < -0.4 is 9.62 Å². The van der Waals surface area contributed by atoms with Gasteiger partial charge < -0.3 is 5.32 Å². The second-order valence-electron chi connectivity index (χ2n) is 5.36. The number of unbranched alkanes of at least 4 members (excludes halogenated alkanes) is 1. The maximum absolute atomic E-state index is 12.9. The molecule has 1 N–H and O–H groups in total. The van der Waals surface area contributed by atoms with Crippen LogP contribution in [0.2, 0.25) is 0 Å². The highest BCUT2D eigenvalue weighted by molar-refractivity contribution is 7.92. The van der Waals surface area contributed by atoms with E-state index >= 15 is 0 Å². The van der Waals surface area contributed by atoms with Crippen LogP contribution >= 0.6 is 0 Å². The first-order valence-electron chi connectivity index (χ1n) is 7.95. The first kappa shape index (κ1) is 18.0. The van der Waals surface area contributed by atoms with Gasteiger partial charge in [-0.25, -0.2) is 8.42 Å². The standard InChI is InChI=1S/C18H22N2O3S/c1-2-3-14-19-18(21)15-20(16-10-6-4-7-11-16)24(22,23)17-12-8-5-9-13-17/h4-13H,2-3,14-15H2,1H3,(H,19,21). The topological polar surface area (TPSA) is 66.5 Å². The summed E-state index contributed by atoms with van der Waals surface area (Å²) in [5, 5.41) is 2.76. The van der Waals surface area contributed by atoms with Gasteiger partial charge >= 0.3 is 0 Å². The van der Waals surface area contributed by atoms with E-state index in [-0.39, 0.29) is 17.3 Å². The third-order valence-corrected chi connectivity index (χ3v) is 5.30. The van der Waals surface area contributed by atoms with E-state index in [0.717, 1.165) is 17.1 Å². The number of sulfonamides is 1. The van der Waals surface area contributed by atoms with Gasteiger partial charge in [-0.05, 0) is 30.7 Å². The zero-order valence-corrected chi connectivity index (χ0v) is 14.5. The van der Waals surface area contributed by atoms with Crippen LogP contribution in [0.4, 0.5) is 5.69 Å². The Morgan fingerprint density at radius 1 is 1.00 bits per heavy atom. The van der Waals surface area contributed by atoms with Gasteiger partial charge in [0.2, 0.25) is 5.91 Å². The van der Waals surface area contributed by atoms with E-state index < -0.39 is 10.0 Å². The second-order valence-corrected chi connectivity index (χ2v) is 7.23. The SMILES string of the molecule is CCCCNC(=O)CN(c1ccccc1)S(=O)(=O)c1ccccc1. The lowest BCUT2D eigenvalue weighted by Crippen LogP contribution is -2.41. The highest BCUT2D eigenvalue weighted by atomic mass is 32.2. The van der Waals surface area contributed by atoms with Gasteiger partial charge in [0.05, 0.1) is 10.6 Å². The molecule has 6 heteroatoms. The zero-order chi connectivity index (χ0) is 17.4. The molecule has 5 nitrogen and oxygen atoms in total. The lowest BCUT2D eigenvalue weighted by Gasteiger charge is -2.24. The molecule has 1 amide bonds. The molecule has 0 radical (unpaired) electrons. The summed E-state index contributed by atoms with van der Waals surface area (Å²) < 4.78 is 27.0. The molecule has 0 aliphatic carbocycles. The summed E-state index contributed by atoms with van der Waals surface area (Å²) in [5.41, 5.74) is 0.465. The number of rotatable bonds is 8. The zero-order valence-electron chi connectivity index (χ0n) is 13.7. The van der Waals surface area contributed by atoms with Gasteiger partial charge in [0.15, 0.2) is 0 Å². The first-order valence-corrected chi connectivity index (χ1v) is 9.39. The molecule has 0 unspecified atom stereocenters. The maximum atomic E-state index is 12.9. The summed E-state index contributed by atoms with van der Waals surface area (Å²) in [6.45, 7) is 2.33. The van der Waals surface area contributed by atoms with Crippen molar-refractivity contribution in [2.75, 3.05) is 17.4 Å². The molecule has 0 aliphatic heterocycles. The van der Waals surface area contributed by atoms with Gasteiger partial charge in [0.25, 0.3) is 10.0 Å². The number of carbonyl (C=O) groups is 1. The molecular formula is C18H22N2O3S. The van der Waals surface area contributed by atoms with Crippen molar-refractivity contribution in [1.82, 2.24) is 5.32 Å². The van der Waals surface area contributed by atoms with E-state index in [0.29, 0.717) is 12.2 Å². The van der Waals surface area contributed by atoms with Crippen molar-refractivity contribution < 1.29 is 13.2 Å². The number of nitrogens with one attached hydrogen (secondary N) is 1. The summed E-state index contributed by atoms with van der Waals surface area (Å²) in [7, 11) is -3.81. The molecule has 128 valence electrons. The van der Waals surface area contributed by atoms with Crippen LogP contribution in [0.5, 0.6) is 0 Å². The Kier molecular flexibility index (Phi) is 6.37. The lowest BCUT2D eigenvalue weighted by atomic mass is 10.3. The number of nitrogens with zero attached hydrogens (tertiary/aromatic N) is 1. The van der Waals surface area contributed by atoms with Crippen molar-refractivity contribution in [2.24, 2.45) is 0 Å². The summed E-state index contributed by atoms with van der Waals surface area (Å²) in [5.74, 6) is -0.313. The number of hydrogen-bond donors (Lipinski definition) is 1. The minimum atomic E-state index is -3.81. The van der Waals surface area contributed by atoms with Gasteiger partial charge in [-0.15, -0.1) is 0 Å². The van der Waals surface area contributed by atoms with Crippen LogP contribution in [0, 0.1) is 0 Å². The average molecular weight is 346 g/mol. The molecule has 0 atom stereocenters. The molecule has 2 aromatic rings. The third kappa shape index (κ3) is 4.58.